The molecule has 1 aliphatic heterocycles. The molecule has 3 amide bonds. The Morgan fingerprint density at radius 3 is 1.75 bits per heavy atom. The first-order valence-corrected chi connectivity index (χ1v) is 15.4. The van der Waals surface area contributed by atoms with E-state index < -0.39 is 0 Å². The van der Waals surface area contributed by atoms with E-state index in [0.29, 0.717) is 46.0 Å². The number of imide groups is 1. The molecular weight excluding hydrogens is 604 g/mol. The molecule has 240 valence electrons. The first kappa shape index (κ1) is 31.9. The van der Waals surface area contributed by atoms with Gasteiger partial charge in [-0.2, -0.15) is 0 Å². The lowest BCUT2D eigenvalue weighted by atomic mass is 9.78. The number of aldehydes is 1. The SMILES string of the molecule is Cc1ccc(N(C)C(=O)c2ccc(Oc3ccc(C(C)(C)c4ccc(Oc5ccc6c(c5)C(=O)N(C)C6=O)cc4)cc3)cc2C=O)cc1. The topological polar surface area (TPSA) is 93.2 Å². The third kappa shape index (κ3) is 6.08. The highest BCUT2D eigenvalue weighted by molar-refractivity contribution is 6.21. The molecule has 0 atom stereocenters. The van der Waals surface area contributed by atoms with Crippen LogP contribution in [0.1, 0.15) is 72.0 Å². The minimum absolute atomic E-state index is 0.244. The Bertz CT molecular complexity index is 2050. The number of hydrogen-bond acceptors (Lipinski definition) is 6. The van der Waals surface area contributed by atoms with Crippen molar-refractivity contribution in [2.45, 2.75) is 26.2 Å². The van der Waals surface area contributed by atoms with Gasteiger partial charge in [-0.25, -0.2) is 0 Å². The van der Waals surface area contributed by atoms with Gasteiger partial charge in [-0.05, 0) is 90.8 Å². The molecule has 0 saturated carbocycles. The van der Waals surface area contributed by atoms with Crippen molar-refractivity contribution in [3.8, 4) is 23.0 Å². The number of carbonyl (C=O) groups excluding carboxylic acids is 4. The van der Waals surface area contributed by atoms with Crippen molar-refractivity contribution in [3.63, 3.8) is 0 Å². The Kier molecular flexibility index (Phi) is 8.41. The summed E-state index contributed by atoms with van der Waals surface area (Å²) in [5, 5.41) is 0. The molecule has 1 aliphatic rings. The first-order chi connectivity index (χ1) is 23.0. The molecule has 0 unspecified atom stereocenters. The van der Waals surface area contributed by atoms with Gasteiger partial charge in [0.05, 0.1) is 16.7 Å². The van der Waals surface area contributed by atoms with Crippen LogP contribution in [0.4, 0.5) is 5.69 Å². The number of fused-ring (bicyclic) bond motifs is 1. The molecule has 5 aromatic carbocycles. The lowest BCUT2D eigenvalue weighted by Crippen LogP contribution is -2.27. The molecule has 0 saturated heterocycles. The second kappa shape index (κ2) is 12.6. The maximum atomic E-state index is 13.2. The van der Waals surface area contributed by atoms with Crippen LogP contribution < -0.4 is 14.4 Å². The summed E-state index contributed by atoms with van der Waals surface area (Å²) in [5.41, 5.74) is 4.84. The normalized spacial score (nSPS) is 12.5. The minimum atomic E-state index is -0.349. The Hall–Kier alpha value is -6.02. The van der Waals surface area contributed by atoms with E-state index in [0.717, 1.165) is 27.3 Å². The number of aryl methyl sites for hydroxylation is 1. The molecule has 5 aromatic rings. The minimum Gasteiger partial charge on any atom is -0.457 e. The average molecular weight is 639 g/mol. The summed E-state index contributed by atoms with van der Waals surface area (Å²) >= 11 is 0. The fourth-order valence-corrected chi connectivity index (χ4v) is 5.68. The summed E-state index contributed by atoms with van der Waals surface area (Å²) in [7, 11) is 3.15. The van der Waals surface area contributed by atoms with Gasteiger partial charge < -0.3 is 14.4 Å². The molecule has 0 bridgehead atoms. The zero-order valence-electron chi connectivity index (χ0n) is 27.3. The average Bonchev–Trinajstić information content (AvgIpc) is 3.31. The number of ether oxygens (including phenoxy) is 2. The van der Waals surface area contributed by atoms with Crippen LogP contribution in [0.2, 0.25) is 0 Å². The fraction of sp³-hybridized carbons (Fsp3) is 0.150. The molecule has 8 nitrogen and oxygen atoms in total. The van der Waals surface area contributed by atoms with Gasteiger partial charge in [0.25, 0.3) is 17.7 Å². The maximum Gasteiger partial charge on any atom is 0.261 e. The summed E-state index contributed by atoms with van der Waals surface area (Å²) in [6.07, 6.45) is 0.665. The van der Waals surface area contributed by atoms with Gasteiger partial charge >= 0.3 is 0 Å². The van der Waals surface area contributed by atoms with E-state index in [1.807, 2.05) is 79.7 Å². The summed E-state index contributed by atoms with van der Waals surface area (Å²) in [4.78, 5) is 52.3. The molecule has 0 radical (unpaired) electrons. The maximum absolute atomic E-state index is 13.2. The van der Waals surface area contributed by atoms with E-state index in [4.69, 9.17) is 9.47 Å². The molecule has 6 rings (SSSR count). The number of anilines is 1. The summed E-state index contributed by atoms with van der Waals surface area (Å²) in [6, 6.07) is 32.8. The van der Waals surface area contributed by atoms with Gasteiger partial charge in [-0.15, -0.1) is 0 Å². The number of rotatable bonds is 9. The lowest BCUT2D eigenvalue weighted by molar-refractivity contribution is 0.0692. The molecule has 0 fully saturated rings. The monoisotopic (exact) mass is 638 g/mol. The van der Waals surface area contributed by atoms with Crippen LogP contribution in [0.25, 0.3) is 0 Å². The molecule has 0 N–H and O–H groups in total. The molecule has 0 aromatic heterocycles. The van der Waals surface area contributed by atoms with Gasteiger partial charge in [0.1, 0.15) is 23.0 Å². The smallest absolute Gasteiger partial charge is 0.261 e. The molecule has 48 heavy (non-hydrogen) atoms. The molecule has 0 aliphatic carbocycles. The predicted octanol–water partition coefficient (Wildman–Crippen LogP) is 8.22. The fourth-order valence-electron chi connectivity index (χ4n) is 5.68. The highest BCUT2D eigenvalue weighted by atomic mass is 16.5. The lowest BCUT2D eigenvalue weighted by Gasteiger charge is -2.26. The van der Waals surface area contributed by atoms with E-state index in [-0.39, 0.29) is 28.7 Å². The van der Waals surface area contributed by atoms with Gasteiger partial charge in [0.2, 0.25) is 0 Å². The molecule has 1 heterocycles. The Labute approximate surface area is 279 Å². The van der Waals surface area contributed by atoms with Crippen molar-refractivity contribution in [3.05, 3.63) is 148 Å². The number of nitrogens with zero attached hydrogens (tertiary/aromatic N) is 2. The number of hydrogen-bond donors (Lipinski definition) is 0. The van der Waals surface area contributed by atoms with Crippen molar-refractivity contribution < 1.29 is 28.7 Å². The van der Waals surface area contributed by atoms with Crippen LogP contribution in [0.3, 0.4) is 0 Å². The molecular formula is C40H34N2O6. The zero-order valence-corrected chi connectivity index (χ0v) is 27.3. The third-order valence-corrected chi connectivity index (χ3v) is 8.79. The van der Waals surface area contributed by atoms with Gasteiger partial charge in [0, 0.05) is 30.8 Å². The van der Waals surface area contributed by atoms with Crippen molar-refractivity contribution in [1.29, 1.82) is 0 Å². The van der Waals surface area contributed by atoms with Crippen LogP contribution in [-0.2, 0) is 5.41 Å². The van der Waals surface area contributed by atoms with Crippen LogP contribution in [0, 0.1) is 6.92 Å². The van der Waals surface area contributed by atoms with Crippen molar-refractivity contribution in [2.24, 2.45) is 0 Å². The predicted molar refractivity (Wildman–Crippen MR) is 184 cm³/mol. The van der Waals surface area contributed by atoms with Crippen molar-refractivity contribution in [2.75, 3.05) is 19.0 Å². The number of amides is 3. The quantitative estimate of drug-likeness (QED) is 0.119. The summed E-state index contributed by atoms with van der Waals surface area (Å²) in [5.74, 6) is 1.17. The van der Waals surface area contributed by atoms with Crippen molar-refractivity contribution in [1.82, 2.24) is 4.90 Å². The summed E-state index contributed by atoms with van der Waals surface area (Å²) < 4.78 is 12.1. The van der Waals surface area contributed by atoms with Gasteiger partial charge in [-0.1, -0.05) is 55.8 Å². The molecule has 0 spiro atoms. The third-order valence-electron chi connectivity index (χ3n) is 8.79. The Morgan fingerprint density at radius 2 is 1.19 bits per heavy atom. The standard InChI is InChI=1S/C40H34N2O6/c1-25-6-12-29(13-7-25)41(4)37(44)34-20-18-32(22-26(34)24-43)47-30-14-8-27(9-15-30)40(2,3)28-10-16-31(17-11-28)48-33-19-21-35-36(23-33)39(46)42(5)38(35)45/h6-24H,1-5H3. The highest BCUT2D eigenvalue weighted by Crippen LogP contribution is 2.35. The largest absolute Gasteiger partial charge is 0.457 e. The second-order valence-electron chi connectivity index (χ2n) is 12.3. The molecule has 8 heteroatoms. The number of benzene rings is 5. The first-order valence-electron chi connectivity index (χ1n) is 15.4. The van der Waals surface area contributed by atoms with E-state index in [2.05, 4.69) is 13.8 Å². The van der Waals surface area contributed by atoms with Gasteiger partial charge in [0.15, 0.2) is 6.29 Å². The Balaban J connectivity index is 1.12. The van der Waals surface area contributed by atoms with E-state index in [1.54, 1.807) is 43.4 Å². The Morgan fingerprint density at radius 1 is 0.688 bits per heavy atom. The van der Waals surface area contributed by atoms with Crippen molar-refractivity contribution >= 4 is 29.7 Å². The summed E-state index contributed by atoms with van der Waals surface area (Å²) in [6.45, 7) is 6.23. The second-order valence-corrected chi connectivity index (χ2v) is 12.3. The van der Waals surface area contributed by atoms with Gasteiger partial charge in [-0.3, -0.25) is 24.1 Å². The van der Waals surface area contributed by atoms with Crippen LogP contribution in [0.5, 0.6) is 23.0 Å². The van der Waals surface area contributed by atoms with E-state index in [9.17, 15) is 19.2 Å². The van der Waals surface area contributed by atoms with Crippen LogP contribution >= 0.6 is 0 Å². The van der Waals surface area contributed by atoms with E-state index >= 15 is 0 Å². The number of carbonyl (C=O) groups is 4. The van der Waals surface area contributed by atoms with E-state index in [1.165, 1.54) is 11.9 Å². The zero-order chi connectivity index (χ0) is 34.2. The van der Waals surface area contributed by atoms with Crippen LogP contribution in [-0.4, -0.2) is 43.0 Å². The van der Waals surface area contributed by atoms with Crippen LogP contribution in [0.15, 0.2) is 109 Å². The highest BCUT2D eigenvalue weighted by Gasteiger charge is 2.33.